The average Bonchev–Trinajstić information content (AvgIpc) is 2.36. The molecule has 5 heteroatoms. The lowest BCUT2D eigenvalue weighted by Crippen LogP contribution is -2.27. The van der Waals surface area contributed by atoms with Gasteiger partial charge in [0.05, 0.1) is 12.6 Å². The Kier molecular flexibility index (Phi) is 4.57. The van der Waals surface area contributed by atoms with Crippen molar-refractivity contribution < 1.29 is 15.0 Å². The molecule has 2 atom stereocenters. The van der Waals surface area contributed by atoms with Crippen LogP contribution in [0.25, 0.3) is 0 Å². The zero-order valence-corrected chi connectivity index (χ0v) is 8.84. The molecule has 0 aliphatic carbocycles. The molecule has 0 radical (unpaired) electrons. The molecule has 0 aliphatic heterocycles. The van der Waals surface area contributed by atoms with Crippen molar-refractivity contribution in [3.05, 3.63) is 35.4 Å². The zero-order valence-electron chi connectivity index (χ0n) is 8.84. The number of hydrogen-bond donors (Lipinski definition) is 4. The van der Waals surface area contributed by atoms with Crippen LogP contribution in [0.3, 0.4) is 0 Å². The summed E-state index contributed by atoms with van der Waals surface area (Å²) < 4.78 is 0. The molecule has 5 nitrogen and oxygen atoms in total. The minimum absolute atomic E-state index is 0.0232. The summed E-state index contributed by atoms with van der Waals surface area (Å²) in [6.07, 6.45) is -2.04. The number of ketones is 1. The van der Waals surface area contributed by atoms with Crippen LogP contribution in [-0.2, 0) is 0 Å². The van der Waals surface area contributed by atoms with Crippen LogP contribution >= 0.6 is 0 Å². The van der Waals surface area contributed by atoms with Gasteiger partial charge in [-0.2, -0.15) is 0 Å². The van der Waals surface area contributed by atoms with Gasteiger partial charge in [-0.25, -0.2) is 0 Å². The van der Waals surface area contributed by atoms with Crippen LogP contribution < -0.4 is 11.5 Å². The summed E-state index contributed by atoms with van der Waals surface area (Å²) in [4.78, 5) is 11.2. The molecule has 0 fully saturated rings. The van der Waals surface area contributed by atoms with Gasteiger partial charge in [-0.05, 0) is 5.56 Å². The van der Waals surface area contributed by atoms with Gasteiger partial charge in [0, 0.05) is 12.1 Å². The summed E-state index contributed by atoms with van der Waals surface area (Å²) >= 11 is 0. The molecule has 0 aromatic heterocycles. The predicted molar refractivity (Wildman–Crippen MR) is 59.8 cm³/mol. The van der Waals surface area contributed by atoms with Crippen LogP contribution in [-0.4, -0.2) is 35.2 Å². The molecule has 6 N–H and O–H groups in total. The van der Waals surface area contributed by atoms with Crippen molar-refractivity contribution in [3.63, 3.8) is 0 Å². The van der Waals surface area contributed by atoms with E-state index in [0.29, 0.717) is 11.1 Å². The quantitative estimate of drug-likeness (QED) is 0.488. The van der Waals surface area contributed by atoms with Crippen LogP contribution in [0.2, 0.25) is 0 Å². The smallest absolute Gasteiger partial charge is 0.176 e. The van der Waals surface area contributed by atoms with Crippen molar-refractivity contribution in [2.45, 2.75) is 12.2 Å². The predicted octanol–water partition coefficient (Wildman–Crippen LogP) is -0.819. The van der Waals surface area contributed by atoms with E-state index < -0.39 is 12.2 Å². The third-order valence-corrected chi connectivity index (χ3v) is 2.37. The molecular weight excluding hydrogens is 208 g/mol. The monoisotopic (exact) mass is 224 g/mol. The zero-order chi connectivity index (χ0) is 12.1. The van der Waals surface area contributed by atoms with Gasteiger partial charge in [-0.15, -0.1) is 0 Å². The Bertz CT molecular complexity index is 351. The van der Waals surface area contributed by atoms with Crippen molar-refractivity contribution in [2.75, 3.05) is 13.1 Å². The molecule has 1 aromatic rings. The fourth-order valence-electron chi connectivity index (χ4n) is 1.34. The van der Waals surface area contributed by atoms with Gasteiger partial charge in [0.15, 0.2) is 5.78 Å². The Morgan fingerprint density at radius 1 is 1.19 bits per heavy atom. The SMILES string of the molecule is NCC(=O)c1ccc(C(O)C(O)CN)cc1. The minimum Gasteiger partial charge on any atom is -0.389 e. The van der Waals surface area contributed by atoms with E-state index in [9.17, 15) is 15.0 Å². The van der Waals surface area contributed by atoms with E-state index in [1.54, 1.807) is 24.3 Å². The first-order chi connectivity index (χ1) is 7.60. The van der Waals surface area contributed by atoms with Crippen molar-refractivity contribution in [1.82, 2.24) is 0 Å². The summed E-state index contributed by atoms with van der Waals surface area (Å²) in [5, 5.41) is 19.0. The first-order valence-electron chi connectivity index (χ1n) is 4.99. The fraction of sp³-hybridized carbons (Fsp3) is 0.364. The number of aliphatic hydroxyl groups is 2. The lowest BCUT2D eigenvalue weighted by atomic mass is 10.0. The number of carbonyl (C=O) groups is 1. The topological polar surface area (TPSA) is 110 Å². The molecular formula is C11H16N2O3. The van der Waals surface area contributed by atoms with Crippen LogP contribution in [0.5, 0.6) is 0 Å². The highest BCUT2D eigenvalue weighted by molar-refractivity contribution is 5.97. The molecule has 0 heterocycles. The largest absolute Gasteiger partial charge is 0.389 e. The molecule has 0 amide bonds. The Morgan fingerprint density at radius 3 is 2.19 bits per heavy atom. The highest BCUT2D eigenvalue weighted by Gasteiger charge is 2.16. The molecule has 16 heavy (non-hydrogen) atoms. The van der Waals surface area contributed by atoms with E-state index in [0.717, 1.165) is 0 Å². The molecule has 2 unspecified atom stereocenters. The summed E-state index contributed by atoms with van der Waals surface area (Å²) in [7, 11) is 0. The van der Waals surface area contributed by atoms with E-state index in [1.807, 2.05) is 0 Å². The molecule has 1 aromatic carbocycles. The normalized spacial score (nSPS) is 14.5. The van der Waals surface area contributed by atoms with Gasteiger partial charge in [0.2, 0.25) is 0 Å². The maximum Gasteiger partial charge on any atom is 0.176 e. The van der Waals surface area contributed by atoms with E-state index in [2.05, 4.69) is 0 Å². The van der Waals surface area contributed by atoms with Crippen LogP contribution in [0.15, 0.2) is 24.3 Å². The Labute approximate surface area is 93.7 Å². The van der Waals surface area contributed by atoms with Gasteiger partial charge in [-0.1, -0.05) is 24.3 Å². The lowest BCUT2D eigenvalue weighted by Gasteiger charge is -2.16. The maximum absolute atomic E-state index is 11.2. The number of Topliss-reactive ketones (excluding diaryl/α,β-unsaturated/α-hetero) is 1. The summed E-state index contributed by atoms with van der Waals surface area (Å²) in [6.45, 7) is -0.0715. The lowest BCUT2D eigenvalue weighted by molar-refractivity contribution is 0.0243. The second-order valence-corrected chi connectivity index (χ2v) is 3.50. The van der Waals surface area contributed by atoms with Crippen LogP contribution in [0, 0.1) is 0 Å². The van der Waals surface area contributed by atoms with Crippen molar-refractivity contribution in [1.29, 1.82) is 0 Å². The highest BCUT2D eigenvalue weighted by Crippen LogP contribution is 2.17. The number of hydrogen-bond acceptors (Lipinski definition) is 5. The van der Waals surface area contributed by atoms with Gasteiger partial charge in [0.25, 0.3) is 0 Å². The number of nitrogens with two attached hydrogens (primary N) is 2. The van der Waals surface area contributed by atoms with Gasteiger partial charge < -0.3 is 21.7 Å². The Hall–Kier alpha value is -1.27. The van der Waals surface area contributed by atoms with Gasteiger partial charge in [-0.3, -0.25) is 4.79 Å². The highest BCUT2D eigenvalue weighted by atomic mass is 16.3. The summed E-state index contributed by atoms with van der Waals surface area (Å²) in [5.41, 5.74) is 11.5. The number of carbonyl (C=O) groups excluding carboxylic acids is 1. The summed E-state index contributed by atoms with van der Waals surface area (Å²) in [6, 6.07) is 6.28. The molecule has 88 valence electrons. The minimum atomic E-state index is -1.04. The van der Waals surface area contributed by atoms with E-state index in [1.165, 1.54) is 0 Å². The number of rotatable bonds is 5. The third kappa shape index (κ3) is 2.86. The van der Waals surface area contributed by atoms with Crippen molar-refractivity contribution >= 4 is 5.78 Å². The van der Waals surface area contributed by atoms with Crippen molar-refractivity contribution in [2.24, 2.45) is 11.5 Å². The molecule has 0 spiro atoms. The Balaban J connectivity index is 2.82. The van der Waals surface area contributed by atoms with E-state index >= 15 is 0 Å². The second-order valence-electron chi connectivity index (χ2n) is 3.50. The second kappa shape index (κ2) is 5.72. The first kappa shape index (κ1) is 12.8. The van der Waals surface area contributed by atoms with E-state index in [-0.39, 0.29) is 18.9 Å². The van der Waals surface area contributed by atoms with E-state index in [4.69, 9.17) is 11.5 Å². The molecule has 0 saturated carbocycles. The molecule has 1 rings (SSSR count). The van der Waals surface area contributed by atoms with Crippen LogP contribution in [0.1, 0.15) is 22.0 Å². The standard InChI is InChI=1S/C11H16N2O3/c12-5-9(14)7-1-3-8(4-2-7)11(16)10(15)6-13/h1-4,10-11,15-16H,5-6,12-13H2. The number of aliphatic hydroxyl groups excluding tert-OH is 2. The van der Waals surface area contributed by atoms with Crippen molar-refractivity contribution in [3.8, 4) is 0 Å². The number of benzene rings is 1. The third-order valence-electron chi connectivity index (χ3n) is 2.37. The maximum atomic E-state index is 11.2. The van der Waals surface area contributed by atoms with Gasteiger partial charge in [0.1, 0.15) is 6.10 Å². The van der Waals surface area contributed by atoms with Gasteiger partial charge >= 0.3 is 0 Å². The molecule has 0 aliphatic rings. The fourth-order valence-corrected chi connectivity index (χ4v) is 1.34. The molecule has 0 bridgehead atoms. The van der Waals surface area contributed by atoms with Crippen LogP contribution in [0.4, 0.5) is 0 Å². The average molecular weight is 224 g/mol. The Morgan fingerprint density at radius 2 is 1.75 bits per heavy atom. The first-order valence-corrected chi connectivity index (χ1v) is 4.99. The summed E-state index contributed by atoms with van der Waals surface area (Å²) in [5.74, 6) is -0.166. The molecule has 0 saturated heterocycles.